The summed E-state index contributed by atoms with van der Waals surface area (Å²) in [7, 11) is 1.53. The minimum atomic E-state index is -0.513. The van der Waals surface area contributed by atoms with Crippen LogP contribution in [0.3, 0.4) is 0 Å². The summed E-state index contributed by atoms with van der Waals surface area (Å²) >= 11 is 9.83. The number of carbonyl (C=O) groups excluding carboxylic acids is 1. The molecule has 6 nitrogen and oxygen atoms in total. The number of rotatable bonds is 4. The van der Waals surface area contributed by atoms with E-state index >= 15 is 0 Å². The van der Waals surface area contributed by atoms with Gasteiger partial charge < -0.3 is 14.2 Å². The Morgan fingerprint density at radius 3 is 2.70 bits per heavy atom. The molecule has 0 amide bonds. The van der Waals surface area contributed by atoms with Crippen molar-refractivity contribution >= 4 is 39.2 Å². The molecule has 33 heavy (non-hydrogen) atoms. The molecule has 0 spiro atoms. The zero-order valence-corrected chi connectivity index (χ0v) is 20.3. The highest BCUT2D eigenvalue weighted by atomic mass is 79.9. The molecule has 0 fully saturated rings. The first-order chi connectivity index (χ1) is 15.9. The van der Waals surface area contributed by atoms with Crippen LogP contribution in [0.1, 0.15) is 42.3 Å². The van der Waals surface area contributed by atoms with Gasteiger partial charge in [0.15, 0.2) is 11.5 Å². The average molecular weight is 528 g/mol. The summed E-state index contributed by atoms with van der Waals surface area (Å²) in [5.41, 5.74) is 3.84. The Bertz CT molecular complexity index is 1260. The van der Waals surface area contributed by atoms with Crippen LogP contribution in [0.4, 0.5) is 0 Å². The molecular formula is C25H20BrClN2O4. The van der Waals surface area contributed by atoms with Crippen LogP contribution in [0.15, 0.2) is 70.2 Å². The van der Waals surface area contributed by atoms with Gasteiger partial charge in [0.05, 0.1) is 23.3 Å². The fourth-order valence-corrected chi connectivity index (χ4v) is 4.93. The number of hydrogen-bond acceptors (Lipinski definition) is 6. The summed E-state index contributed by atoms with van der Waals surface area (Å²) in [4.78, 5) is 11.5. The number of esters is 1. The van der Waals surface area contributed by atoms with Crippen LogP contribution in [0.2, 0.25) is 5.02 Å². The Morgan fingerprint density at radius 2 is 1.97 bits per heavy atom. The first-order valence-corrected chi connectivity index (χ1v) is 11.5. The van der Waals surface area contributed by atoms with Gasteiger partial charge in [0.2, 0.25) is 6.23 Å². The summed E-state index contributed by atoms with van der Waals surface area (Å²) in [6, 6.07) is 19.4. The molecule has 0 saturated carbocycles. The summed E-state index contributed by atoms with van der Waals surface area (Å²) in [5.74, 6) is 1.07. The molecule has 3 aromatic carbocycles. The molecule has 0 N–H and O–H groups in total. The number of carbonyl (C=O) groups is 1. The van der Waals surface area contributed by atoms with E-state index in [-0.39, 0.29) is 6.04 Å². The molecular weight excluding hydrogens is 508 g/mol. The number of halogens is 2. The summed E-state index contributed by atoms with van der Waals surface area (Å²) in [6.45, 7) is 1.35. The number of hydrogen-bond donors (Lipinski definition) is 0. The second-order valence-corrected chi connectivity index (χ2v) is 9.08. The van der Waals surface area contributed by atoms with Gasteiger partial charge in [0.1, 0.15) is 5.75 Å². The molecule has 168 valence electrons. The van der Waals surface area contributed by atoms with Crippen molar-refractivity contribution in [2.45, 2.75) is 25.6 Å². The monoisotopic (exact) mass is 526 g/mol. The van der Waals surface area contributed by atoms with Gasteiger partial charge in [-0.05, 0) is 51.8 Å². The van der Waals surface area contributed by atoms with Crippen LogP contribution < -0.4 is 14.2 Å². The molecule has 0 saturated heterocycles. The highest BCUT2D eigenvalue weighted by molar-refractivity contribution is 9.10. The maximum Gasteiger partial charge on any atom is 0.308 e. The third-order valence-corrected chi connectivity index (χ3v) is 6.47. The van der Waals surface area contributed by atoms with Crippen LogP contribution in [-0.2, 0) is 4.79 Å². The normalized spacial score (nSPS) is 18.7. The number of nitrogens with zero attached hydrogens (tertiary/aromatic N) is 2. The summed E-state index contributed by atoms with van der Waals surface area (Å²) < 4.78 is 17.9. The Kier molecular flexibility index (Phi) is 5.76. The van der Waals surface area contributed by atoms with E-state index in [1.165, 1.54) is 14.0 Å². The zero-order chi connectivity index (χ0) is 23.1. The lowest BCUT2D eigenvalue weighted by molar-refractivity contribution is -0.132. The van der Waals surface area contributed by atoms with Crippen LogP contribution in [0, 0.1) is 0 Å². The molecule has 2 aliphatic heterocycles. The molecule has 8 heteroatoms. The second kappa shape index (κ2) is 8.72. The number of hydrazone groups is 1. The quantitative estimate of drug-likeness (QED) is 0.295. The third kappa shape index (κ3) is 4.07. The van der Waals surface area contributed by atoms with Crippen molar-refractivity contribution in [2.75, 3.05) is 7.11 Å². The molecule has 2 atom stereocenters. The summed E-state index contributed by atoms with van der Waals surface area (Å²) in [5, 5.41) is 7.58. The number of benzene rings is 3. The van der Waals surface area contributed by atoms with E-state index in [0.29, 0.717) is 21.0 Å². The fraction of sp³-hybridized carbons (Fsp3) is 0.200. The standard InChI is InChI=1S/C25H20BrClN2O4/c1-14(30)32-24-19(26)10-16(11-23(24)31-2)25-29-21(18-12-17(27)8-9-22(18)33-25)13-20(28-29)15-6-4-3-5-7-15/h3-12,21,25H,13H2,1-2H3/t21-,25-/m0/s1. The predicted molar refractivity (Wildman–Crippen MR) is 129 cm³/mol. The Balaban J connectivity index is 1.61. The van der Waals surface area contributed by atoms with Crippen LogP contribution in [-0.4, -0.2) is 23.8 Å². The molecule has 0 aromatic heterocycles. The first-order valence-electron chi connectivity index (χ1n) is 10.4. The molecule has 2 heterocycles. The van der Waals surface area contributed by atoms with Gasteiger partial charge in [0, 0.05) is 29.5 Å². The van der Waals surface area contributed by atoms with Gasteiger partial charge in [-0.2, -0.15) is 5.10 Å². The van der Waals surface area contributed by atoms with Gasteiger partial charge in [-0.1, -0.05) is 41.9 Å². The predicted octanol–water partition coefficient (Wildman–Crippen LogP) is 6.28. The van der Waals surface area contributed by atoms with Crippen LogP contribution >= 0.6 is 27.5 Å². The lowest BCUT2D eigenvalue weighted by Gasteiger charge is -2.38. The third-order valence-electron chi connectivity index (χ3n) is 5.64. The molecule has 0 aliphatic carbocycles. The van der Waals surface area contributed by atoms with Gasteiger partial charge in [-0.15, -0.1) is 0 Å². The highest BCUT2D eigenvalue weighted by Crippen LogP contribution is 2.49. The lowest BCUT2D eigenvalue weighted by Crippen LogP contribution is -2.33. The molecule has 2 aliphatic rings. The van der Waals surface area contributed by atoms with Gasteiger partial charge >= 0.3 is 5.97 Å². The molecule has 0 radical (unpaired) electrons. The number of fused-ring (bicyclic) bond motifs is 3. The fourth-order valence-electron chi connectivity index (χ4n) is 4.21. The van der Waals surface area contributed by atoms with E-state index in [4.69, 9.17) is 30.9 Å². The van der Waals surface area contributed by atoms with Gasteiger partial charge in [-0.25, -0.2) is 5.01 Å². The largest absolute Gasteiger partial charge is 0.493 e. The van der Waals surface area contributed by atoms with Crippen LogP contribution in [0.5, 0.6) is 17.2 Å². The first kappa shape index (κ1) is 21.8. The topological polar surface area (TPSA) is 60.4 Å². The second-order valence-electron chi connectivity index (χ2n) is 7.79. The van der Waals surface area contributed by atoms with Crippen molar-refractivity contribution in [3.8, 4) is 17.2 Å². The SMILES string of the molecule is COc1cc([C@@H]2Oc3ccc(Cl)cc3[C@@H]3CC(c4ccccc4)=NN32)cc(Br)c1OC(C)=O. The number of methoxy groups -OCH3 is 1. The minimum Gasteiger partial charge on any atom is -0.493 e. The van der Waals surface area contributed by atoms with Crippen molar-refractivity contribution in [1.82, 2.24) is 5.01 Å². The van der Waals surface area contributed by atoms with E-state index in [0.717, 1.165) is 34.6 Å². The maximum absolute atomic E-state index is 11.5. The van der Waals surface area contributed by atoms with E-state index in [2.05, 4.69) is 28.1 Å². The van der Waals surface area contributed by atoms with Crippen molar-refractivity contribution in [3.05, 3.63) is 86.8 Å². The Morgan fingerprint density at radius 1 is 1.18 bits per heavy atom. The summed E-state index contributed by atoms with van der Waals surface area (Å²) in [6.07, 6.45) is 0.211. The minimum absolute atomic E-state index is 0.0365. The Labute approximate surface area is 204 Å². The van der Waals surface area contributed by atoms with Gasteiger partial charge in [0.25, 0.3) is 0 Å². The highest BCUT2D eigenvalue weighted by Gasteiger charge is 2.41. The van der Waals surface area contributed by atoms with E-state index in [1.807, 2.05) is 53.5 Å². The average Bonchev–Trinajstić information content (AvgIpc) is 3.26. The Hall–Kier alpha value is -3.03. The van der Waals surface area contributed by atoms with Crippen molar-refractivity contribution in [2.24, 2.45) is 5.10 Å². The van der Waals surface area contributed by atoms with E-state index in [1.54, 1.807) is 0 Å². The van der Waals surface area contributed by atoms with Gasteiger partial charge in [-0.3, -0.25) is 4.79 Å². The molecule has 3 aromatic rings. The molecule has 0 bridgehead atoms. The van der Waals surface area contributed by atoms with E-state index in [9.17, 15) is 4.79 Å². The smallest absolute Gasteiger partial charge is 0.308 e. The molecule has 5 rings (SSSR count). The van der Waals surface area contributed by atoms with Crippen LogP contribution in [0.25, 0.3) is 0 Å². The van der Waals surface area contributed by atoms with E-state index < -0.39 is 12.2 Å². The van der Waals surface area contributed by atoms with Crippen molar-refractivity contribution in [3.63, 3.8) is 0 Å². The maximum atomic E-state index is 11.5. The van der Waals surface area contributed by atoms with Crippen molar-refractivity contribution in [1.29, 1.82) is 0 Å². The van der Waals surface area contributed by atoms with Crippen molar-refractivity contribution < 1.29 is 19.0 Å². The molecule has 0 unspecified atom stereocenters. The zero-order valence-electron chi connectivity index (χ0n) is 17.9. The lowest BCUT2D eigenvalue weighted by atomic mass is 9.96. The number of ether oxygens (including phenoxy) is 3.